The number of carbonyl (C=O) groups excluding carboxylic acids is 1. The first-order valence-corrected chi connectivity index (χ1v) is 7.37. The fourth-order valence-electron chi connectivity index (χ4n) is 2.90. The quantitative estimate of drug-likeness (QED) is 0.899. The van der Waals surface area contributed by atoms with Crippen LogP contribution in [0.2, 0.25) is 0 Å². The molecule has 114 valence electrons. The van der Waals surface area contributed by atoms with Gasteiger partial charge in [-0.1, -0.05) is 12.1 Å². The molecule has 0 saturated carbocycles. The first-order valence-electron chi connectivity index (χ1n) is 7.37. The number of carboxylic acid groups (broad SMARTS) is 1. The fourth-order valence-corrected chi connectivity index (χ4v) is 2.90. The molecule has 5 heteroatoms. The maximum absolute atomic E-state index is 12.3. The van der Waals surface area contributed by atoms with Gasteiger partial charge in [0, 0.05) is 18.6 Å². The summed E-state index contributed by atoms with van der Waals surface area (Å²) in [5.41, 5.74) is 1.03. The molecule has 0 aromatic heterocycles. The van der Waals surface area contributed by atoms with Crippen LogP contribution in [0.25, 0.3) is 0 Å². The van der Waals surface area contributed by atoms with Crippen molar-refractivity contribution < 1.29 is 14.7 Å². The molecule has 0 bridgehead atoms. The molecule has 21 heavy (non-hydrogen) atoms. The number of urea groups is 1. The normalized spacial score (nSPS) is 21.9. The largest absolute Gasteiger partial charge is 0.478 e. The van der Waals surface area contributed by atoms with Crippen molar-refractivity contribution in [3.05, 3.63) is 35.4 Å². The van der Waals surface area contributed by atoms with Crippen molar-refractivity contribution in [2.45, 2.75) is 51.7 Å². The molecule has 1 aromatic rings. The topological polar surface area (TPSA) is 69.6 Å². The van der Waals surface area contributed by atoms with E-state index in [0.717, 1.165) is 24.8 Å². The highest BCUT2D eigenvalue weighted by molar-refractivity contribution is 5.87. The van der Waals surface area contributed by atoms with Crippen LogP contribution in [0.3, 0.4) is 0 Å². The van der Waals surface area contributed by atoms with Gasteiger partial charge >= 0.3 is 12.0 Å². The number of carbonyl (C=O) groups is 2. The number of carboxylic acids is 1. The van der Waals surface area contributed by atoms with E-state index >= 15 is 0 Å². The monoisotopic (exact) mass is 290 g/mol. The summed E-state index contributed by atoms with van der Waals surface area (Å²) in [4.78, 5) is 25.1. The van der Waals surface area contributed by atoms with E-state index in [0.29, 0.717) is 6.54 Å². The number of nitrogens with one attached hydrogen (secondary N) is 1. The average molecular weight is 290 g/mol. The summed E-state index contributed by atoms with van der Waals surface area (Å²) in [6.07, 6.45) is 3.23. The maximum Gasteiger partial charge on any atom is 0.335 e. The van der Waals surface area contributed by atoms with Gasteiger partial charge < -0.3 is 15.3 Å². The Morgan fingerprint density at radius 3 is 2.57 bits per heavy atom. The molecule has 1 saturated heterocycles. The van der Waals surface area contributed by atoms with E-state index in [1.165, 1.54) is 0 Å². The molecule has 0 aliphatic carbocycles. The third-order valence-corrected chi connectivity index (χ3v) is 4.05. The molecule has 1 fully saturated rings. The number of hydrogen-bond acceptors (Lipinski definition) is 2. The third-order valence-electron chi connectivity index (χ3n) is 4.05. The van der Waals surface area contributed by atoms with E-state index in [1.807, 2.05) is 11.0 Å². The highest BCUT2D eigenvalue weighted by Gasteiger charge is 2.28. The molecule has 1 aliphatic rings. The molecule has 0 spiro atoms. The Hall–Kier alpha value is -2.04. The van der Waals surface area contributed by atoms with Gasteiger partial charge in [-0.15, -0.1) is 0 Å². The van der Waals surface area contributed by atoms with Gasteiger partial charge in [0.05, 0.1) is 5.56 Å². The highest BCUT2D eigenvalue weighted by atomic mass is 16.4. The Kier molecular flexibility index (Phi) is 4.83. The van der Waals surface area contributed by atoms with Crippen LogP contribution in [0.1, 0.15) is 49.0 Å². The summed E-state index contributed by atoms with van der Waals surface area (Å²) in [5.74, 6) is -0.957. The van der Waals surface area contributed by atoms with Crippen molar-refractivity contribution in [3.63, 3.8) is 0 Å². The Morgan fingerprint density at radius 1 is 1.29 bits per heavy atom. The van der Waals surface area contributed by atoms with E-state index in [1.54, 1.807) is 18.2 Å². The van der Waals surface area contributed by atoms with E-state index in [4.69, 9.17) is 5.11 Å². The minimum Gasteiger partial charge on any atom is -0.478 e. The summed E-state index contributed by atoms with van der Waals surface area (Å²) in [7, 11) is 0. The first-order chi connectivity index (χ1) is 9.99. The van der Waals surface area contributed by atoms with Crippen molar-refractivity contribution >= 4 is 12.0 Å². The smallest absolute Gasteiger partial charge is 0.335 e. The van der Waals surface area contributed by atoms with Crippen LogP contribution in [0.4, 0.5) is 4.79 Å². The summed E-state index contributed by atoms with van der Waals surface area (Å²) >= 11 is 0. The van der Waals surface area contributed by atoms with Crippen molar-refractivity contribution in [2.75, 3.05) is 0 Å². The van der Waals surface area contributed by atoms with Crippen molar-refractivity contribution in [2.24, 2.45) is 0 Å². The van der Waals surface area contributed by atoms with Crippen LogP contribution in [-0.2, 0) is 6.54 Å². The molecule has 2 atom stereocenters. The fraction of sp³-hybridized carbons (Fsp3) is 0.500. The Balaban J connectivity index is 1.97. The summed E-state index contributed by atoms with van der Waals surface area (Å²) in [6.45, 7) is 4.48. The van der Waals surface area contributed by atoms with Gasteiger partial charge in [-0.3, -0.25) is 0 Å². The minimum atomic E-state index is -0.957. The molecule has 1 aliphatic heterocycles. The summed E-state index contributed by atoms with van der Waals surface area (Å²) in [5, 5.41) is 11.9. The van der Waals surface area contributed by atoms with Crippen LogP contribution >= 0.6 is 0 Å². The van der Waals surface area contributed by atoms with E-state index in [-0.39, 0.29) is 23.7 Å². The number of piperidine rings is 1. The molecule has 1 heterocycles. The predicted molar refractivity (Wildman–Crippen MR) is 80.3 cm³/mol. The SMILES string of the molecule is CC1CCCC(C)N1C(=O)NCc1cccc(C(=O)O)c1. The molecule has 2 amide bonds. The number of rotatable bonds is 3. The van der Waals surface area contributed by atoms with Gasteiger partial charge in [-0.25, -0.2) is 9.59 Å². The van der Waals surface area contributed by atoms with Gasteiger partial charge in [0.2, 0.25) is 0 Å². The molecular formula is C16H22N2O3. The number of likely N-dealkylation sites (tertiary alicyclic amines) is 1. The van der Waals surface area contributed by atoms with Crippen LogP contribution in [0.5, 0.6) is 0 Å². The van der Waals surface area contributed by atoms with Gasteiger partial charge in [-0.05, 0) is 50.8 Å². The number of nitrogens with zero attached hydrogens (tertiary/aromatic N) is 1. The van der Waals surface area contributed by atoms with E-state index in [2.05, 4.69) is 19.2 Å². The van der Waals surface area contributed by atoms with Crippen LogP contribution in [-0.4, -0.2) is 34.1 Å². The maximum atomic E-state index is 12.3. The highest BCUT2D eigenvalue weighted by Crippen LogP contribution is 2.22. The lowest BCUT2D eigenvalue weighted by Crippen LogP contribution is -2.51. The second kappa shape index (κ2) is 6.61. The van der Waals surface area contributed by atoms with Gasteiger partial charge in [0.25, 0.3) is 0 Å². The molecule has 2 unspecified atom stereocenters. The lowest BCUT2D eigenvalue weighted by Gasteiger charge is -2.38. The molecular weight excluding hydrogens is 268 g/mol. The lowest BCUT2D eigenvalue weighted by atomic mass is 9.98. The van der Waals surface area contributed by atoms with Gasteiger partial charge in [0.15, 0.2) is 0 Å². The summed E-state index contributed by atoms with van der Waals surface area (Å²) < 4.78 is 0. The molecule has 5 nitrogen and oxygen atoms in total. The number of aromatic carboxylic acids is 1. The van der Waals surface area contributed by atoms with Gasteiger partial charge in [-0.2, -0.15) is 0 Å². The predicted octanol–water partition coefficient (Wildman–Crippen LogP) is 2.86. The van der Waals surface area contributed by atoms with Crippen molar-refractivity contribution in [1.82, 2.24) is 10.2 Å². The molecule has 0 radical (unpaired) electrons. The number of hydrogen-bond donors (Lipinski definition) is 2. The zero-order valence-corrected chi connectivity index (χ0v) is 12.5. The number of amides is 2. The average Bonchev–Trinajstić information content (AvgIpc) is 2.45. The lowest BCUT2D eigenvalue weighted by molar-refractivity contribution is 0.0696. The second-order valence-electron chi connectivity index (χ2n) is 5.70. The molecule has 2 N–H and O–H groups in total. The van der Waals surface area contributed by atoms with E-state index in [9.17, 15) is 9.59 Å². The van der Waals surface area contributed by atoms with Crippen LogP contribution in [0.15, 0.2) is 24.3 Å². The Bertz CT molecular complexity index is 520. The van der Waals surface area contributed by atoms with Crippen molar-refractivity contribution in [3.8, 4) is 0 Å². The van der Waals surface area contributed by atoms with Crippen molar-refractivity contribution in [1.29, 1.82) is 0 Å². The molecule has 2 rings (SSSR count). The second-order valence-corrected chi connectivity index (χ2v) is 5.70. The first kappa shape index (κ1) is 15.4. The molecule has 1 aromatic carbocycles. The Labute approximate surface area is 125 Å². The summed E-state index contributed by atoms with van der Waals surface area (Å²) in [6, 6.07) is 7.06. The third kappa shape index (κ3) is 3.74. The van der Waals surface area contributed by atoms with Crippen LogP contribution in [0, 0.1) is 0 Å². The zero-order chi connectivity index (χ0) is 15.4. The van der Waals surface area contributed by atoms with E-state index < -0.39 is 5.97 Å². The van der Waals surface area contributed by atoms with Crippen LogP contribution < -0.4 is 5.32 Å². The van der Waals surface area contributed by atoms with Gasteiger partial charge in [0.1, 0.15) is 0 Å². The minimum absolute atomic E-state index is 0.0737. The zero-order valence-electron chi connectivity index (χ0n) is 12.5. The number of benzene rings is 1. The standard InChI is InChI=1S/C16H22N2O3/c1-11-5-3-6-12(2)18(11)16(21)17-10-13-7-4-8-14(9-13)15(19)20/h4,7-9,11-12H,3,5-6,10H2,1-2H3,(H,17,21)(H,19,20). The Morgan fingerprint density at radius 2 is 1.95 bits per heavy atom.